The third kappa shape index (κ3) is 3.51. The van der Waals surface area contributed by atoms with Gasteiger partial charge in [0, 0.05) is 13.0 Å². The van der Waals surface area contributed by atoms with Crippen molar-refractivity contribution in [2.75, 3.05) is 0 Å². The molecule has 0 atom stereocenters. The number of nitrogens with one attached hydrogen (secondary N) is 1. The Labute approximate surface area is 117 Å². The van der Waals surface area contributed by atoms with Crippen LogP contribution >= 0.6 is 11.3 Å². The van der Waals surface area contributed by atoms with Crippen molar-refractivity contribution in [1.82, 2.24) is 15.5 Å². The maximum absolute atomic E-state index is 12.0. The van der Waals surface area contributed by atoms with E-state index in [0.717, 1.165) is 6.08 Å². The molecule has 0 aromatic carbocycles. The zero-order valence-corrected chi connectivity index (χ0v) is 11.3. The minimum Gasteiger partial charge on any atom is -0.478 e. The molecule has 0 radical (unpaired) electrons. The molecular weight excluding hydrogens is 282 g/mol. The van der Waals surface area contributed by atoms with Gasteiger partial charge >= 0.3 is 5.97 Å². The smallest absolute Gasteiger partial charge is 0.328 e. The van der Waals surface area contributed by atoms with Crippen molar-refractivity contribution < 1.29 is 19.2 Å². The van der Waals surface area contributed by atoms with E-state index in [2.05, 4.69) is 15.5 Å². The predicted octanol–water partition coefficient (Wildman–Crippen LogP) is 1.47. The standard InChI is InChI=1S/C12H11N3O4S/c1-7-14-9(15-19-7)6-13-12(18)11-8(4-5-20-11)2-3-10(16)17/h2-5H,6H2,1H3,(H,13,18)(H,16,17)/b3-2+. The van der Waals surface area contributed by atoms with Crippen LogP contribution in [-0.2, 0) is 11.3 Å². The topological polar surface area (TPSA) is 105 Å². The summed E-state index contributed by atoms with van der Waals surface area (Å²) in [5.74, 6) is -0.567. The largest absolute Gasteiger partial charge is 0.478 e. The first kappa shape index (κ1) is 13.9. The molecule has 7 nitrogen and oxygen atoms in total. The van der Waals surface area contributed by atoms with Crippen molar-refractivity contribution in [3.05, 3.63) is 39.7 Å². The summed E-state index contributed by atoms with van der Waals surface area (Å²) in [5, 5.41) is 16.6. The molecule has 0 aliphatic heterocycles. The number of aliphatic carboxylic acids is 1. The van der Waals surface area contributed by atoms with Crippen molar-refractivity contribution in [3.8, 4) is 0 Å². The van der Waals surface area contributed by atoms with Crippen LogP contribution in [0.25, 0.3) is 6.08 Å². The highest BCUT2D eigenvalue weighted by molar-refractivity contribution is 7.12. The molecule has 0 aliphatic rings. The fourth-order valence-corrected chi connectivity index (χ4v) is 2.25. The second kappa shape index (κ2) is 6.11. The molecule has 1 amide bonds. The molecule has 2 aromatic rings. The second-order valence-corrected chi connectivity index (χ2v) is 4.71. The number of aromatic nitrogens is 2. The van der Waals surface area contributed by atoms with Gasteiger partial charge in [-0.25, -0.2) is 4.79 Å². The molecule has 2 N–H and O–H groups in total. The first-order valence-corrected chi connectivity index (χ1v) is 6.50. The molecule has 0 saturated heterocycles. The minimum absolute atomic E-state index is 0.149. The Morgan fingerprint density at radius 1 is 1.55 bits per heavy atom. The number of amides is 1. The van der Waals surface area contributed by atoms with Crippen molar-refractivity contribution in [1.29, 1.82) is 0 Å². The van der Waals surface area contributed by atoms with Crippen molar-refractivity contribution >= 4 is 29.3 Å². The van der Waals surface area contributed by atoms with Crippen LogP contribution in [0.1, 0.15) is 27.0 Å². The van der Waals surface area contributed by atoms with Crippen LogP contribution in [0.3, 0.4) is 0 Å². The summed E-state index contributed by atoms with van der Waals surface area (Å²) in [7, 11) is 0. The molecule has 0 aliphatic carbocycles. The fourth-order valence-electron chi connectivity index (χ4n) is 1.45. The van der Waals surface area contributed by atoms with Gasteiger partial charge in [-0.05, 0) is 23.1 Å². The maximum atomic E-state index is 12.0. The van der Waals surface area contributed by atoms with E-state index in [0.29, 0.717) is 22.2 Å². The average Bonchev–Trinajstić information content (AvgIpc) is 3.02. The third-order valence-corrected chi connectivity index (χ3v) is 3.21. The van der Waals surface area contributed by atoms with Crippen LogP contribution in [0, 0.1) is 6.92 Å². The number of carbonyl (C=O) groups excluding carboxylic acids is 1. The molecule has 0 saturated carbocycles. The van der Waals surface area contributed by atoms with E-state index in [1.807, 2.05) is 0 Å². The lowest BCUT2D eigenvalue weighted by Crippen LogP contribution is -2.23. The third-order valence-electron chi connectivity index (χ3n) is 2.28. The van der Waals surface area contributed by atoms with Crippen molar-refractivity contribution in [3.63, 3.8) is 0 Å². The molecule has 0 unspecified atom stereocenters. The molecule has 20 heavy (non-hydrogen) atoms. The Morgan fingerprint density at radius 2 is 2.35 bits per heavy atom. The van der Waals surface area contributed by atoms with Crippen LogP contribution in [0.5, 0.6) is 0 Å². The van der Waals surface area contributed by atoms with Gasteiger partial charge in [0.2, 0.25) is 5.89 Å². The van der Waals surface area contributed by atoms with Gasteiger partial charge in [-0.15, -0.1) is 11.3 Å². The Morgan fingerprint density at radius 3 is 3.00 bits per heavy atom. The number of hydrogen-bond donors (Lipinski definition) is 2. The second-order valence-electron chi connectivity index (χ2n) is 3.79. The predicted molar refractivity (Wildman–Crippen MR) is 71.2 cm³/mol. The van der Waals surface area contributed by atoms with Gasteiger partial charge in [-0.3, -0.25) is 4.79 Å². The first-order chi connectivity index (χ1) is 9.56. The number of carboxylic acid groups (broad SMARTS) is 1. The summed E-state index contributed by atoms with van der Waals surface area (Å²) in [6.07, 6.45) is 2.37. The minimum atomic E-state index is -1.06. The van der Waals surface area contributed by atoms with Crippen molar-refractivity contribution in [2.45, 2.75) is 13.5 Å². The van der Waals surface area contributed by atoms with E-state index >= 15 is 0 Å². The van der Waals surface area contributed by atoms with Crippen LogP contribution in [0.15, 0.2) is 22.0 Å². The van der Waals surface area contributed by atoms with Crippen LogP contribution in [-0.4, -0.2) is 27.1 Å². The maximum Gasteiger partial charge on any atom is 0.328 e. The molecule has 8 heteroatoms. The number of thiophene rings is 1. The number of nitrogens with zero attached hydrogens (tertiary/aromatic N) is 2. The lowest BCUT2D eigenvalue weighted by atomic mass is 10.2. The van der Waals surface area contributed by atoms with Crippen LogP contribution in [0.4, 0.5) is 0 Å². The highest BCUT2D eigenvalue weighted by Crippen LogP contribution is 2.18. The van der Waals surface area contributed by atoms with E-state index < -0.39 is 5.97 Å². The number of carbonyl (C=O) groups is 2. The summed E-state index contributed by atoms with van der Waals surface area (Å²) in [4.78, 5) is 26.9. The molecule has 0 bridgehead atoms. The Balaban J connectivity index is 2.02. The first-order valence-electron chi connectivity index (χ1n) is 5.62. The lowest BCUT2D eigenvalue weighted by Gasteiger charge is -2.01. The zero-order chi connectivity index (χ0) is 14.5. The SMILES string of the molecule is Cc1nc(CNC(=O)c2sccc2/C=C/C(=O)O)no1. The van der Waals surface area contributed by atoms with Crippen LogP contribution in [0.2, 0.25) is 0 Å². The van der Waals surface area contributed by atoms with Gasteiger partial charge in [-0.1, -0.05) is 5.16 Å². The molecular formula is C12H11N3O4S. The number of hydrogen-bond acceptors (Lipinski definition) is 6. The Hall–Kier alpha value is -2.48. The average molecular weight is 293 g/mol. The zero-order valence-electron chi connectivity index (χ0n) is 10.5. The number of aryl methyl sites for hydroxylation is 1. The monoisotopic (exact) mass is 293 g/mol. The summed E-state index contributed by atoms with van der Waals surface area (Å²) < 4.78 is 4.79. The number of carboxylic acids is 1. The van der Waals surface area contributed by atoms with E-state index in [4.69, 9.17) is 9.63 Å². The molecule has 2 rings (SSSR count). The molecule has 2 aromatic heterocycles. The highest BCUT2D eigenvalue weighted by atomic mass is 32.1. The van der Waals surface area contributed by atoms with Gasteiger partial charge < -0.3 is 14.9 Å². The molecule has 104 valence electrons. The van der Waals surface area contributed by atoms with Gasteiger partial charge in [-0.2, -0.15) is 4.98 Å². The van der Waals surface area contributed by atoms with E-state index in [1.54, 1.807) is 18.4 Å². The van der Waals surface area contributed by atoms with Gasteiger partial charge in [0.15, 0.2) is 5.82 Å². The summed E-state index contributed by atoms with van der Waals surface area (Å²) in [5.41, 5.74) is 0.555. The van der Waals surface area contributed by atoms with Crippen molar-refractivity contribution in [2.24, 2.45) is 0 Å². The Bertz CT molecular complexity index is 659. The molecule has 2 heterocycles. The van der Waals surface area contributed by atoms with E-state index in [-0.39, 0.29) is 12.5 Å². The van der Waals surface area contributed by atoms with Gasteiger partial charge in [0.05, 0.1) is 11.4 Å². The quantitative estimate of drug-likeness (QED) is 0.809. The normalized spacial score (nSPS) is 10.8. The lowest BCUT2D eigenvalue weighted by molar-refractivity contribution is -0.131. The molecule has 0 spiro atoms. The summed E-state index contributed by atoms with van der Waals surface area (Å²) >= 11 is 1.23. The summed E-state index contributed by atoms with van der Waals surface area (Å²) in [6, 6.07) is 1.68. The van der Waals surface area contributed by atoms with Crippen LogP contribution < -0.4 is 5.32 Å². The molecule has 0 fully saturated rings. The van der Waals surface area contributed by atoms with Gasteiger partial charge in [0.25, 0.3) is 5.91 Å². The van der Waals surface area contributed by atoms with E-state index in [9.17, 15) is 9.59 Å². The Kier molecular flexibility index (Phi) is 4.26. The fraction of sp³-hybridized carbons (Fsp3) is 0.167. The number of rotatable bonds is 5. The van der Waals surface area contributed by atoms with Gasteiger partial charge in [0.1, 0.15) is 0 Å². The summed E-state index contributed by atoms with van der Waals surface area (Å²) in [6.45, 7) is 1.81. The van der Waals surface area contributed by atoms with E-state index in [1.165, 1.54) is 17.4 Å². The highest BCUT2D eigenvalue weighted by Gasteiger charge is 2.12.